The number of thiazole rings is 1. The van der Waals surface area contributed by atoms with Gasteiger partial charge in [0.15, 0.2) is 4.34 Å². The summed E-state index contributed by atoms with van der Waals surface area (Å²) in [5.41, 5.74) is 7.67. The zero-order chi connectivity index (χ0) is 13.2. The molecule has 0 saturated heterocycles. The molecule has 2 aromatic carbocycles. The zero-order valence-electron chi connectivity index (χ0n) is 9.97. The summed E-state index contributed by atoms with van der Waals surface area (Å²) in [6, 6.07) is 14.0. The third kappa shape index (κ3) is 2.77. The second-order valence-corrected chi connectivity index (χ2v) is 6.75. The van der Waals surface area contributed by atoms with Crippen LogP contribution in [0.5, 0.6) is 0 Å². The van der Waals surface area contributed by atoms with Gasteiger partial charge in [-0.05, 0) is 29.8 Å². The van der Waals surface area contributed by atoms with Crippen LogP contribution in [0.15, 0.2) is 51.7 Å². The maximum Gasteiger partial charge on any atom is 0.155 e. The Hall–Kier alpha value is -1.07. The van der Waals surface area contributed by atoms with E-state index in [-0.39, 0.29) is 0 Å². The number of fused-ring (bicyclic) bond motifs is 1. The number of halogens is 1. The molecule has 0 fully saturated rings. The minimum atomic E-state index is 0.506. The highest BCUT2D eigenvalue weighted by Crippen LogP contribution is 2.37. The van der Waals surface area contributed by atoms with Crippen molar-refractivity contribution in [2.45, 2.75) is 15.8 Å². The Balaban J connectivity index is 1.92. The van der Waals surface area contributed by atoms with Gasteiger partial charge in [-0.15, -0.1) is 11.3 Å². The topological polar surface area (TPSA) is 38.9 Å². The number of para-hydroxylation sites is 1. The molecule has 0 atom stereocenters. The molecular formula is C14H11ClN2S2. The van der Waals surface area contributed by atoms with Crippen molar-refractivity contribution in [2.24, 2.45) is 5.73 Å². The summed E-state index contributed by atoms with van der Waals surface area (Å²) < 4.78 is 2.20. The highest BCUT2D eigenvalue weighted by molar-refractivity contribution is 8.01. The van der Waals surface area contributed by atoms with Gasteiger partial charge in [-0.25, -0.2) is 4.98 Å². The minimum absolute atomic E-state index is 0.506. The molecule has 0 spiro atoms. The number of benzene rings is 2. The molecule has 0 aliphatic rings. The van der Waals surface area contributed by atoms with Crippen molar-refractivity contribution < 1.29 is 0 Å². The van der Waals surface area contributed by atoms with E-state index in [9.17, 15) is 0 Å². The standard InChI is InChI=1S/C14H11ClN2S2/c15-10-7-9(8-16)5-6-12(10)18-14-17-11-3-1-2-4-13(11)19-14/h1-7H,8,16H2. The fraction of sp³-hybridized carbons (Fsp3) is 0.0714. The van der Waals surface area contributed by atoms with E-state index in [1.807, 2.05) is 36.4 Å². The van der Waals surface area contributed by atoms with Gasteiger partial charge in [-0.3, -0.25) is 0 Å². The molecule has 0 radical (unpaired) electrons. The molecule has 5 heteroatoms. The van der Waals surface area contributed by atoms with E-state index in [1.165, 1.54) is 4.70 Å². The molecule has 0 unspecified atom stereocenters. The first-order chi connectivity index (χ1) is 9.26. The van der Waals surface area contributed by atoms with Crippen LogP contribution in [0.4, 0.5) is 0 Å². The second kappa shape index (κ2) is 5.51. The van der Waals surface area contributed by atoms with Gasteiger partial charge in [-0.1, -0.05) is 41.6 Å². The molecule has 0 aliphatic heterocycles. The predicted octanol–water partition coefficient (Wildman–Crippen LogP) is 4.56. The van der Waals surface area contributed by atoms with Crippen LogP contribution in [0, 0.1) is 0 Å². The van der Waals surface area contributed by atoms with Crippen molar-refractivity contribution in [3.8, 4) is 0 Å². The van der Waals surface area contributed by atoms with Crippen LogP contribution < -0.4 is 5.73 Å². The van der Waals surface area contributed by atoms with Gasteiger partial charge in [0.05, 0.1) is 15.2 Å². The smallest absolute Gasteiger partial charge is 0.155 e. The lowest BCUT2D eigenvalue weighted by Crippen LogP contribution is -1.95. The summed E-state index contributed by atoms with van der Waals surface area (Å²) >= 11 is 9.53. The summed E-state index contributed by atoms with van der Waals surface area (Å²) in [5.74, 6) is 0. The van der Waals surface area contributed by atoms with E-state index in [1.54, 1.807) is 23.1 Å². The van der Waals surface area contributed by atoms with Crippen LogP contribution in [0.2, 0.25) is 5.02 Å². The summed E-state index contributed by atoms with van der Waals surface area (Å²) in [4.78, 5) is 5.60. The SMILES string of the molecule is NCc1ccc(Sc2nc3ccccc3s2)c(Cl)c1. The lowest BCUT2D eigenvalue weighted by Gasteiger charge is -2.03. The molecule has 1 heterocycles. The van der Waals surface area contributed by atoms with Crippen molar-refractivity contribution in [3.63, 3.8) is 0 Å². The second-order valence-electron chi connectivity index (χ2n) is 4.02. The monoisotopic (exact) mass is 306 g/mol. The Morgan fingerprint density at radius 3 is 2.79 bits per heavy atom. The van der Waals surface area contributed by atoms with E-state index in [2.05, 4.69) is 11.1 Å². The molecule has 0 aliphatic carbocycles. The zero-order valence-corrected chi connectivity index (χ0v) is 12.4. The molecule has 19 heavy (non-hydrogen) atoms. The quantitative estimate of drug-likeness (QED) is 0.771. The van der Waals surface area contributed by atoms with Gasteiger partial charge >= 0.3 is 0 Å². The van der Waals surface area contributed by atoms with Gasteiger partial charge in [-0.2, -0.15) is 0 Å². The summed E-state index contributed by atoms with van der Waals surface area (Å²) in [5, 5.41) is 0.729. The fourth-order valence-electron chi connectivity index (χ4n) is 1.74. The first kappa shape index (κ1) is 12.9. The Labute approximate surface area is 124 Å². The maximum absolute atomic E-state index is 6.26. The molecule has 3 rings (SSSR count). The van der Waals surface area contributed by atoms with E-state index in [4.69, 9.17) is 17.3 Å². The van der Waals surface area contributed by atoms with Crippen molar-refractivity contribution in [2.75, 3.05) is 0 Å². The van der Waals surface area contributed by atoms with Crippen LogP contribution in [-0.4, -0.2) is 4.98 Å². The van der Waals surface area contributed by atoms with Crippen LogP contribution in [0.25, 0.3) is 10.2 Å². The number of aromatic nitrogens is 1. The van der Waals surface area contributed by atoms with Crippen LogP contribution in [0.1, 0.15) is 5.56 Å². The summed E-state index contributed by atoms with van der Waals surface area (Å²) in [6.07, 6.45) is 0. The highest BCUT2D eigenvalue weighted by atomic mass is 35.5. The average Bonchev–Trinajstić information content (AvgIpc) is 2.83. The third-order valence-corrected chi connectivity index (χ3v) is 5.30. The van der Waals surface area contributed by atoms with E-state index in [0.29, 0.717) is 6.54 Å². The molecule has 96 valence electrons. The van der Waals surface area contributed by atoms with Gasteiger partial charge in [0.25, 0.3) is 0 Å². The Morgan fingerprint density at radius 1 is 1.21 bits per heavy atom. The van der Waals surface area contributed by atoms with E-state index < -0.39 is 0 Å². The van der Waals surface area contributed by atoms with Crippen molar-refractivity contribution in [3.05, 3.63) is 53.1 Å². The largest absolute Gasteiger partial charge is 0.326 e. The van der Waals surface area contributed by atoms with Crippen molar-refractivity contribution in [1.29, 1.82) is 0 Å². The van der Waals surface area contributed by atoms with E-state index in [0.717, 1.165) is 25.3 Å². The van der Waals surface area contributed by atoms with Crippen LogP contribution >= 0.6 is 34.7 Å². The van der Waals surface area contributed by atoms with Crippen molar-refractivity contribution in [1.82, 2.24) is 4.98 Å². The predicted molar refractivity (Wildman–Crippen MR) is 83.1 cm³/mol. The number of nitrogens with zero attached hydrogens (tertiary/aromatic N) is 1. The Bertz CT molecular complexity index is 691. The molecular weight excluding hydrogens is 296 g/mol. The average molecular weight is 307 g/mol. The minimum Gasteiger partial charge on any atom is -0.326 e. The molecule has 0 saturated carbocycles. The Kier molecular flexibility index (Phi) is 3.75. The van der Waals surface area contributed by atoms with E-state index >= 15 is 0 Å². The molecule has 2 nitrogen and oxygen atoms in total. The van der Waals surface area contributed by atoms with Gasteiger partial charge in [0.1, 0.15) is 0 Å². The number of nitrogens with two attached hydrogens (primary N) is 1. The number of hydrogen-bond donors (Lipinski definition) is 1. The molecule has 0 bridgehead atoms. The first-order valence-corrected chi connectivity index (χ1v) is 7.79. The van der Waals surface area contributed by atoms with Crippen LogP contribution in [0.3, 0.4) is 0 Å². The normalized spacial score (nSPS) is 11.1. The van der Waals surface area contributed by atoms with Gasteiger partial charge < -0.3 is 5.73 Å². The molecule has 2 N–H and O–H groups in total. The molecule has 3 aromatic rings. The fourth-order valence-corrected chi connectivity index (χ4v) is 4.09. The highest BCUT2D eigenvalue weighted by Gasteiger charge is 2.08. The number of rotatable bonds is 3. The molecule has 0 amide bonds. The van der Waals surface area contributed by atoms with Crippen molar-refractivity contribution >= 4 is 44.9 Å². The Morgan fingerprint density at radius 2 is 2.05 bits per heavy atom. The number of hydrogen-bond acceptors (Lipinski definition) is 4. The maximum atomic E-state index is 6.26. The lowest BCUT2D eigenvalue weighted by molar-refractivity contribution is 1.07. The first-order valence-electron chi connectivity index (χ1n) is 5.78. The van der Waals surface area contributed by atoms with Gasteiger partial charge in [0.2, 0.25) is 0 Å². The van der Waals surface area contributed by atoms with Gasteiger partial charge in [0, 0.05) is 11.4 Å². The van der Waals surface area contributed by atoms with Crippen LogP contribution in [-0.2, 0) is 6.54 Å². The molecule has 1 aromatic heterocycles. The summed E-state index contributed by atoms with van der Waals surface area (Å²) in [6.45, 7) is 0.506. The lowest BCUT2D eigenvalue weighted by atomic mass is 10.2. The third-order valence-electron chi connectivity index (χ3n) is 2.70. The summed E-state index contributed by atoms with van der Waals surface area (Å²) in [7, 11) is 0.